The summed E-state index contributed by atoms with van der Waals surface area (Å²) in [5, 5.41) is 3.88. The van der Waals surface area contributed by atoms with Gasteiger partial charge in [0.1, 0.15) is 16.2 Å². The molecule has 1 aromatic carbocycles. The van der Waals surface area contributed by atoms with Crippen LogP contribution < -0.4 is 5.32 Å². The summed E-state index contributed by atoms with van der Waals surface area (Å²) in [6.07, 6.45) is 1.74. The molecule has 17 heavy (non-hydrogen) atoms. The highest BCUT2D eigenvalue weighted by atomic mass is 32.1. The Hall–Kier alpha value is -2.01. The van der Waals surface area contributed by atoms with Gasteiger partial charge in [-0.1, -0.05) is 11.3 Å². The van der Waals surface area contributed by atoms with E-state index in [0.717, 1.165) is 21.2 Å². The minimum atomic E-state index is -0.249. The average Bonchev–Trinajstić information content (AvgIpc) is 2.74. The van der Waals surface area contributed by atoms with Crippen LogP contribution in [0.4, 0.5) is 15.2 Å². The van der Waals surface area contributed by atoms with Crippen LogP contribution in [0.25, 0.3) is 10.3 Å². The standard InChI is InChI=1S/C12H8FN3S/c13-8-3-5-9(6-4-8)15-12-16-10-2-1-7-14-11(10)17-12/h1-7H,(H,15,16). The van der Waals surface area contributed by atoms with Crippen LogP contribution in [-0.4, -0.2) is 9.97 Å². The molecular formula is C12H8FN3S. The smallest absolute Gasteiger partial charge is 0.189 e. The Kier molecular flexibility index (Phi) is 2.45. The molecule has 3 rings (SSSR count). The van der Waals surface area contributed by atoms with Crippen molar-refractivity contribution in [2.45, 2.75) is 0 Å². The Bertz CT molecular complexity index is 615. The van der Waals surface area contributed by atoms with Crippen LogP contribution in [0.3, 0.4) is 0 Å². The maximum absolute atomic E-state index is 12.7. The van der Waals surface area contributed by atoms with E-state index in [1.54, 1.807) is 18.3 Å². The summed E-state index contributed by atoms with van der Waals surface area (Å²) in [5.41, 5.74) is 1.67. The minimum absolute atomic E-state index is 0.249. The van der Waals surface area contributed by atoms with Crippen LogP contribution in [0, 0.1) is 5.82 Å². The summed E-state index contributed by atoms with van der Waals surface area (Å²) in [6.45, 7) is 0. The zero-order valence-electron chi connectivity index (χ0n) is 8.72. The third-order valence-corrected chi connectivity index (χ3v) is 3.16. The van der Waals surface area contributed by atoms with Gasteiger partial charge in [0, 0.05) is 11.9 Å². The van der Waals surface area contributed by atoms with E-state index in [0.29, 0.717) is 0 Å². The van der Waals surface area contributed by atoms with Gasteiger partial charge < -0.3 is 5.32 Å². The van der Waals surface area contributed by atoms with E-state index >= 15 is 0 Å². The van der Waals surface area contributed by atoms with Crippen molar-refractivity contribution >= 4 is 32.5 Å². The Morgan fingerprint density at radius 2 is 1.94 bits per heavy atom. The first-order valence-corrected chi connectivity index (χ1v) is 5.87. The minimum Gasteiger partial charge on any atom is -0.331 e. The van der Waals surface area contributed by atoms with Crippen molar-refractivity contribution in [1.29, 1.82) is 0 Å². The van der Waals surface area contributed by atoms with Gasteiger partial charge in [0.2, 0.25) is 0 Å². The molecule has 0 spiro atoms. The third-order valence-electron chi connectivity index (χ3n) is 2.26. The van der Waals surface area contributed by atoms with Gasteiger partial charge in [-0.15, -0.1) is 0 Å². The van der Waals surface area contributed by atoms with E-state index in [1.807, 2.05) is 12.1 Å². The van der Waals surface area contributed by atoms with Crippen LogP contribution >= 0.6 is 11.3 Å². The lowest BCUT2D eigenvalue weighted by atomic mass is 10.3. The molecule has 0 saturated heterocycles. The number of benzene rings is 1. The van der Waals surface area contributed by atoms with Crippen molar-refractivity contribution in [3.8, 4) is 0 Å². The van der Waals surface area contributed by atoms with E-state index < -0.39 is 0 Å². The van der Waals surface area contributed by atoms with Crippen molar-refractivity contribution in [2.75, 3.05) is 5.32 Å². The number of hydrogen-bond acceptors (Lipinski definition) is 4. The summed E-state index contributed by atoms with van der Waals surface area (Å²) in [7, 11) is 0. The molecule has 0 aliphatic heterocycles. The third kappa shape index (κ3) is 2.09. The molecule has 3 aromatic rings. The molecule has 0 aliphatic carbocycles. The van der Waals surface area contributed by atoms with E-state index in [2.05, 4.69) is 15.3 Å². The molecule has 0 saturated carbocycles. The second-order valence-corrected chi connectivity index (χ2v) is 4.46. The number of thiazole rings is 1. The van der Waals surface area contributed by atoms with Crippen molar-refractivity contribution in [2.24, 2.45) is 0 Å². The van der Waals surface area contributed by atoms with E-state index in [1.165, 1.54) is 23.5 Å². The van der Waals surface area contributed by atoms with Crippen molar-refractivity contribution in [1.82, 2.24) is 9.97 Å². The molecule has 0 atom stereocenters. The van der Waals surface area contributed by atoms with E-state index in [9.17, 15) is 4.39 Å². The zero-order chi connectivity index (χ0) is 11.7. The second-order valence-electron chi connectivity index (χ2n) is 3.48. The van der Waals surface area contributed by atoms with Gasteiger partial charge in [0.05, 0.1) is 0 Å². The first-order chi connectivity index (χ1) is 8.31. The number of rotatable bonds is 2. The van der Waals surface area contributed by atoms with Crippen LogP contribution in [0.1, 0.15) is 0 Å². The normalized spacial score (nSPS) is 10.6. The number of nitrogens with one attached hydrogen (secondary N) is 1. The van der Waals surface area contributed by atoms with Gasteiger partial charge in [-0.2, -0.15) is 0 Å². The molecule has 0 aliphatic rings. The molecule has 84 valence electrons. The fourth-order valence-electron chi connectivity index (χ4n) is 1.48. The predicted octanol–water partition coefficient (Wildman–Crippen LogP) is 3.57. The molecular weight excluding hydrogens is 237 g/mol. The Morgan fingerprint density at radius 1 is 1.12 bits per heavy atom. The molecule has 0 radical (unpaired) electrons. The number of pyridine rings is 1. The topological polar surface area (TPSA) is 37.8 Å². The van der Waals surface area contributed by atoms with Crippen LogP contribution in [-0.2, 0) is 0 Å². The monoisotopic (exact) mass is 245 g/mol. The summed E-state index contributed by atoms with van der Waals surface area (Å²) in [6, 6.07) is 9.93. The summed E-state index contributed by atoms with van der Waals surface area (Å²) in [4.78, 5) is 9.48. The molecule has 0 amide bonds. The average molecular weight is 245 g/mol. The van der Waals surface area contributed by atoms with Crippen molar-refractivity contribution in [3.63, 3.8) is 0 Å². The molecule has 0 bridgehead atoms. The highest BCUT2D eigenvalue weighted by Gasteiger charge is 2.03. The van der Waals surface area contributed by atoms with Crippen LogP contribution in [0.15, 0.2) is 42.6 Å². The summed E-state index contributed by atoms with van der Waals surface area (Å²) >= 11 is 1.47. The van der Waals surface area contributed by atoms with Gasteiger partial charge in [0.25, 0.3) is 0 Å². The lowest BCUT2D eigenvalue weighted by molar-refractivity contribution is 0.628. The Balaban J connectivity index is 1.92. The lowest BCUT2D eigenvalue weighted by Crippen LogP contribution is -1.88. The molecule has 2 heterocycles. The number of fused-ring (bicyclic) bond motifs is 1. The number of nitrogens with zero attached hydrogens (tertiary/aromatic N) is 2. The quantitative estimate of drug-likeness (QED) is 0.750. The summed E-state index contributed by atoms with van der Waals surface area (Å²) in [5.74, 6) is -0.249. The maximum Gasteiger partial charge on any atom is 0.189 e. The van der Waals surface area contributed by atoms with Gasteiger partial charge in [0.15, 0.2) is 5.13 Å². The molecule has 0 unspecified atom stereocenters. The molecule has 0 fully saturated rings. The fourth-order valence-corrected chi connectivity index (χ4v) is 2.31. The van der Waals surface area contributed by atoms with Gasteiger partial charge in [-0.3, -0.25) is 0 Å². The number of aromatic nitrogens is 2. The van der Waals surface area contributed by atoms with Crippen LogP contribution in [0.2, 0.25) is 0 Å². The molecule has 1 N–H and O–H groups in total. The van der Waals surface area contributed by atoms with Crippen LogP contribution in [0.5, 0.6) is 0 Å². The largest absolute Gasteiger partial charge is 0.331 e. The van der Waals surface area contributed by atoms with E-state index in [4.69, 9.17) is 0 Å². The zero-order valence-corrected chi connectivity index (χ0v) is 9.54. The first-order valence-electron chi connectivity index (χ1n) is 5.05. The summed E-state index contributed by atoms with van der Waals surface area (Å²) < 4.78 is 12.7. The second kappa shape index (κ2) is 4.10. The van der Waals surface area contributed by atoms with Gasteiger partial charge >= 0.3 is 0 Å². The van der Waals surface area contributed by atoms with Crippen molar-refractivity contribution < 1.29 is 4.39 Å². The maximum atomic E-state index is 12.7. The Labute approximate surface area is 101 Å². The van der Waals surface area contributed by atoms with Crippen molar-refractivity contribution in [3.05, 3.63) is 48.4 Å². The van der Waals surface area contributed by atoms with E-state index in [-0.39, 0.29) is 5.82 Å². The molecule has 2 aromatic heterocycles. The number of anilines is 2. The van der Waals surface area contributed by atoms with Gasteiger partial charge in [-0.05, 0) is 36.4 Å². The SMILES string of the molecule is Fc1ccc(Nc2nc3cccnc3s2)cc1. The number of hydrogen-bond donors (Lipinski definition) is 1. The highest BCUT2D eigenvalue weighted by molar-refractivity contribution is 7.21. The van der Waals surface area contributed by atoms with Gasteiger partial charge in [-0.25, -0.2) is 14.4 Å². The Morgan fingerprint density at radius 3 is 2.71 bits per heavy atom. The first kappa shape index (κ1) is 10.2. The fraction of sp³-hybridized carbons (Fsp3) is 0. The molecule has 3 nitrogen and oxygen atoms in total. The lowest BCUT2D eigenvalue weighted by Gasteiger charge is -2.00. The number of halogens is 1. The highest BCUT2D eigenvalue weighted by Crippen LogP contribution is 2.26. The molecule has 5 heteroatoms. The predicted molar refractivity (Wildman–Crippen MR) is 67.1 cm³/mol.